The summed E-state index contributed by atoms with van der Waals surface area (Å²) in [6.07, 6.45) is 8.49. The van der Waals surface area contributed by atoms with Crippen LogP contribution in [0.3, 0.4) is 0 Å². The van der Waals surface area contributed by atoms with Crippen LogP contribution in [0.1, 0.15) is 48.7 Å². The Morgan fingerprint density at radius 2 is 1.91 bits per heavy atom. The van der Waals surface area contributed by atoms with Gasteiger partial charge in [-0.2, -0.15) is 0 Å². The van der Waals surface area contributed by atoms with Gasteiger partial charge in [-0.25, -0.2) is 9.97 Å². The van der Waals surface area contributed by atoms with Crippen LogP contribution in [-0.4, -0.2) is 76.1 Å². The molecule has 0 unspecified atom stereocenters. The zero-order valence-corrected chi connectivity index (χ0v) is 19.7. The number of likely N-dealkylation sites (N-methyl/N-ethyl adjacent to an activating group) is 1. The minimum Gasteiger partial charge on any atom is -0.367 e. The molecule has 1 saturated carbocycles. The molecule has 5 rings (SSSR count). The van der Waals surface area contributed by atoms with E-state index in [9.17, 15) is 0 Å². The third-order valence-electron chi connectivity index (χ3n) is 6.88. The summed E-state index contributed by atoms with van der Waals surface area (Å²) in [6, 6.07) is 6.44. The summed E-state index contributed by atoms with van der Waals surface area (Å²) in [7, 11) is 2.18. The van der Waals surface area contributed by atoms with E-state index in [0.29, 0.717) is 5.92 Å². The third-order valence-corrected chi connectivity index (χ3v) is 6.88. The lowest BCUT2D eigenvalue weighted by Crippen LogP contribution is -2.44. The summed E-state index contributed by atoms with van der Waals surface area (Å²) in [5.74, 6) is 1.66. The fourth-order valence-corrected chi connectivity index (χ4v) is 4.80. The molecule has 0 atom stereocenters. The molecule has 176 valence electrons. The molecule has 0 bridgehead atoms. The van der Waals surface area contributed by atoms with E-state index in [0.717, 1.165) is 82.2 Å². The van der Waals surface area contributed by atoms with E-state index >= 15 is 0 Å². The normalized spacial score (nSPS) is 17.4. The predicted octanol–water partition coefficient (Wildman–Crippen LogP) is 2.72. The molecule has 3 N–H and O–H groups in total. The van der Waals surface area contributed by atoms with E-state index < -0.39 is 0 Å². The number of imidazole rings is 1. The Labute approximate surface area is 196 Å². The van der Waals surface area contributed by atoms with Crippen molar-refractivity contribution < 1.29 is 0 Å². The summed E-state index contributed by atoms with van der Waals surface area (Å²) < 4.78 is 0. The first-order valence-electron chi connectivity index (χ1n) is 12.3. The van der Waals surface area contributed by atoms with Crippen LogP contribution in [0.2, 0.25) is 0 Å². The number of anilines is 1. The zero-order valence-electron chi connectivity index (χ0n) is 19.7. The van der Waals surface area contributed by atoms with Crippen LogP contribution in [0.5, 0.6) is 0 Å². The van der Waals surface area contributed by atoms with Gasteiger partial charge < -0.3 is 20.5 Å². The van der Waals surface area contributed by atoms with E-state index in [4.69, 9.17) is 15.7 Å². The summed E-state index contributed by atoms with van der Waals surface area (Å²) in [6.45, 7) is 7.51. The first-order valence-corrected chi connectivity index (χ1v) is 12.3. The first-order chi connectivity index (χ1) is 16.2. The van der Waals surface area contributed by atoms with Crippen molar-refractivity contribution in [3.05, 3.63) is 47.7 Å². The van der Waals surface area contributed by atoms with Crippen molar-refractivity contribution in [2.24, 2.45) is 5.73 Å². The Bertz CT molecular complexity index is 1050. The van der Waals surface area contributed by atoms with Gasteiger partial charge in [0.2, 0.25) is 0 Å². The van der Waals surface area contributed by atoms with Crippen LogP contribution in [0, 0.1) is 0 Å². The SMILES string of the molecule is CN1CCN(c2ccnc3nc(CN(CCCCN)Cc4ncccc4C4CC4)[nH]c23)CC1. The maximum absolute atomic E-state index is 5.77. The van der Waals surface area contributed by atoms with Crippen molar-refractivity contribution in [2.75, 3.05) is 51.2 Å². The minimum atomic E-state index is 0.695. The lowest BCUT2D eigenvalue weighted by atomic mass is 10.1. The van der Waals surface area contributed by atoms with Crippen molar-refractivity contribution in [1.29, 1.82) is 0 Å². The second-order valence-corrected chi connectivity index (χ2v) is 9.52. The minimum absolute atomic E-state index is 0.695. The number of nitrogens with zero attached hydrogens (tertiary/aromatic N) is 6. The van der Waals surface area contributed by atoms with Gasteiger partial charge in [-0.05, 0) is 69.4 Å². The number of hydrogen-bond acceptors (Lipinski definition) is 7. The Morgan fingerprint density at radius 3 is 2.70 bits per heavy atom. The van der Waals surface area contributed by atoms with Gasteiger partial charge in [0.1, 0.15) is 11.3 Å². The molecule has 8 nitrogen and oxygen atoms in total. The molecule has 2 aliphatic rings. The van der Waals surface area contributed by atoms with Gasteiger partial charge in [0.15, 0.2) is 5.65 Å². The summed E-state index contributed by atoms with van der Waals surface area (Å²) in [5, 5.41) is 0. The molecule has 0 spiro atoms. The van der Waals surface area contributed by atoms with Crippen molar-refractivity contribution in [1.82, 2.24) is 29.7 Å². The number of fused-ring (bicyclic) bond motifs is 1. The fraction of sp³-hybridized carbons (Fsp3) is 0.560. The van der Waals surface area contributed by atoms with Crippen LogP contribution in [0.4, 0.5) is 5.69 Å². The second-order valence-electron chi connectivity index (χ2n) is 9.52. The van der Waals surface area contributed by atoms with E-state index in [-0.39, 0.29) is 0 Å². The number of unbranched alkanes of at least 4 members (excludes halogenated alkanes) is 1. The topological polar surface area (TPSA) is 90.2 Å². The molecule has 0 amide bonds. The van der Waals surface area contributed by atoms with E-state index in [1.165, 1.54) is 29.8 Å². The molecule has 0 radical (unpaired) electrons. The molecule has 3 aromatic heterocycles. The van der Waals surface area contributed by atoms with Crippen molar-refractivity contribution >= 4 is 16.9 Å². The number of aromatic amines is 1. The van der Waals surface area contributed by atoms with Crippen LogP contribution in [0.15, 0.2) is 30.6 Å². The average Bonchev–Trinajstić information content (AvgIpc) is 3.59. The summed E-state index contributed by atoms with van der Waals surface area (Å²) in [4.78, 5) is 25.1. The summed E-state index contributed by atoms with van der Waals surface area (Å²) in [5.41, 5.74) is 11.5. The molecular formula is C25H36N8. The van der Waals surface area contributed by atoms with Crippen molar-refractivity contribution in [3.8, 4) is 0 Å². The quantitative estimate of drug-likeness (QED) is 0.461. The Morgan fingerprint density at radius 1 is 1.06 bits per heavy atom. The zero-order chi connectivity index (χ0) is 22.6. The summed E-state index contributed by atoms with van der Waals surface area (Å²) >= 11 is 0. The number of nitrogens with one attached hydrogen (secondary N) is 1. The second kappa shape index (κ2) is 10.2. The maximum Gasteiger partial charge on any atom is 0.179 e. The molecule has 1 aliphatic carbocycles. The smallest absolute Gasteiger partial charge is 0.179 e. The third kappa shape index (κ3) is 5.34. The van der Waals surface area contributed by atoms with Gasteiger partial charge in [-0.15, -0.1) is 0 Å². The first kappa shape index (κ1) is 22.3. The lowest BCUT2D eigenvalue weighted by Gasteiger charge is -2.34. The number of piperazine rings is 1. The number of H-pyrrole nitrogens is 1. The predicted molar refractivity (Wildman–Crippen MR) is 132 cm³/mol. The van der Waals surface area contributed by atoms with Gasteiger partial charge in [-0.3, -0.25) is 9.88 Å². The molecule has 1 saturated heterocycles. The van der Waals surface area contributed by atoms with Crippen LogP contribution in [0.25, 0.3) is 11.2 Å². The van der Waals surface area contributed by atoms with Gasteiger partial charge in [0, 0.05) is 45.1 Å². The number of pyridine rings is 2. The highest BCUT2D eigenvalue weighted by Gasteiger charge is 2.27. The molecule has 3 aromatic rings. The maximum atomic E-state index is 5.77. The standard InChI is InChI=1S/C25H36N8/c1-31-13-15-33(16-14-31)22-8-11-28-25-24(22)29-23(30-25)18-32(12-3-2-9-26)17-21-20(19-6-7-19)5-4-10-27-21/h4-5,8,10-11,19H,2-3,6-7,9,12-18,26H2,1H3,(H,28,29,30). The van der Waals surface area contributed by atoms with Gasteiger partial charge in [-0.1, -0.05) is 6.07 Å². The molecule has 33 heavy (non-hydrogen) atoms. The average molecular weight is 449 g/mol. The Balaban J connectivity index is 1.36. The van der Waals surface area contributed by atoms with Crippen molar-refractivity contribution in [3.63, 3.8) is 0 Å². The highest BCUT2D eigenvalue weighted by molar-refractivity contribution is 5.86. The molecular weight excluding hydrogens is 412 g/mol. The van der Waals surface area contributed by atoms with E-state index in [1.54, 1.807) is 0 Å². The van der Waals surface area contributed by atoms with E-state index in [1.807, 2.05) is 12.4 Å². The van der Waals surface area contributed by atoms with Crippen molar-refractivity contribution in [2.45, 2.75) is 44.7 Å². The number of hydrogen-bond donors (Lipinski definition) is 2. The molecule has 0 aromatic carbocycles. The molecule has 8 heteroatoms. The molecule has 1 aliphatic heterocycles. The number of nitrogens with two attached hydrogens (primary N) is 1. The Hall–Kier alpha value is -2.55. The van der Waals surface area contributed by atoms with Gasteiger partial charge in [0.05, 0.1) is 17.9 Å². The largest absolute Gasteiger partial charge is 0.367 e. The Kier molecular flexibility index (Phi) is 6.85. The highest BCUT2D eigenvalue weighted by Crippen LogP contribution is 2.41. The van der Waals surface area contributed by atoms with Gasteiger partial charge >= 0.3 is 0 Å². The number of rotatable bonds is 10. The van der Waals surface area contributed by atoms with Gasteiger partial charge in [0.25, 0.3) is 0 Å². The monoisotopic (exact) mass is 448 g/mol. The van der Waals surface area contributed by atoms with Crippen LogP contribution < -0.4 is 10.6 Å². The van der Waals surface area contributed by atoms with Crippen LogP contribution >= 0.6 is 0 Å². The molecule has 2 fully saturated rings. The lowest BCUT2D eigenvalue weighted by molar-refractivity contribution is 0.243. The molecule has 4 heterocycles. The highest BCUT2D eigenvalue weighted by atomic mass is 15.3. The fourth-order valence-electron chi connectivity index (χ4n) is 4.80. The van der Waals surface area contributed by atoms with Crippen LogP contribution in [-0.2, 0) is 13.1 Å². The number of aromatic nitrogens is 4. The van der Waals surface area contributed by atoms with E-state index in [2.05, 4.69) is 49.9 Å².